The maximum absolute atomic E-state index is 11.9. The number of benzene rings is 1. The van der Waals surface area contributed by atoms with Crippen molar-refractivity contribution in [2.45, 2.75) is 0 Å². The molecule has 0 saturated heterocycles. The van der Waals surface area contributed by atoms with E-state index in [1.807, 2.05) is 0 Å². The van der Waals surface area contributed by atoms with Gasteiger partial charge >= 0.3 is 0 Å². The monoisotopic (exact) mass is 292 g/mol. The molecule has 21 heavy (non-hydrogen) atoms. The average molecular weight is 292 g/mol. The van der Waals surface area contributed by atoms with Gasteiger partial charge in [0.1, 0.15) is 6.61 Å². The van der Waals surface area contributed by atoms with E-state index in [2.05, 4.69) is 17.2 Å². The van der Waals surface area contributed by atoms with Crippen LogP contribution in [-0.2, 0) is 14.3 Å². The Labute approximate surface area is 124 Å². The molecule has 2 N–H and O–H groups in total. The molecule has 0 radical (unpaired) electrons. The first-order valence-corrected chi connectivity index (χ1v) is 6.53. The van der Waals surface area contributed by atoms with Crippen molar-refractivity contribution in [1.29, 1.82) is 0 Å². The number of methoxy groups -OCH3 is 1. The largest absolute Gasteiger partial charge is 0.382 e. The Hall–Kier alpha value is -2.18. The van der Waals surface area contributed by atoms with Gasteiger partial charge in [-0.05, 0) is 12.1 Å². The molecule has 0 atom stereocenters. The summed E-state index contributed by atoms with van der Waals surface area (Å²) < 4.78 is 9.93. The van der Waals surface area contributed by atoms with E-state index in [-0.39, 0.29) is 18.4 Å². The van der Waals surface area contributed by atoms with Crippen molar-refractivity contribution in [2.24, 2.45) is 0 Å². The van der Waals surface area contributed by atoms with Crippen molar-refractivity contribution in [3.8, 4) is 0 Å². The van der Waals surface area contributed by atoms with Gasteiger partial charge in [0.25, 0.3) is 5.91 Å². The molecule has 1 aromatic rings. The first-order valence-electron chi connectivity index (χ1n) is 6.53. The van der Waals surface area contributed by atoms with E-state index in [1.54, 1.807) is 37.5 Å². The van der Waals surface area contributed by atoms with Gasteiger partial charge in [-0.15, -0.1) is 6.58 Å². The molecule has 0 spiro atoms. The number of amides is 2. The second-order valence-corrected chi connectivity index (χ2v) is 4.14. The molecule has 6 heteroatoms. The Morgan fingerprint density at radius 1 is 1.29 bits per heavy atom. The summed E-state index contributed by atoms with van der Waals surface area (Å²) >= 11 is 0. The molecule has 6 nitrogen and oxygen atoms in total. The van der Waals surface area contributed by atoms with Crippen molar-refractivity contribution in [1.82, 2.24) is 5.32 Å². The fraction of sp³-hybridized carbons (Fsp3) is 0.333. The molecule has 0 aliphatic carbocycles. The minimum atomic E-state index is -0.324. The standard InChI is InChI=1S/C15H20N2O4/c1-3-8-16-15(19)12-6-4-5-7-13(12)17-14(18)11-21-10-9-20-2/h3-7H,1,8-11H2,2H3,(H,16,19)(H,17,18). The Balaban J connectivity index is 2.59. The summed E-state index contributed by atoms with van der Waals surface area (Å²) in [5, 5.41) is 5.32. The number of rotatable bonds is 9. The third-order valence-corrected chi connectivity index (χ3v) is 2.52. The van der Waals surface area contributed by atoms with E-state index < -0.39 is 0 Å². The minimum absolute atomic E-state index is 0.0913. The van der Waals surface area contributed by atoms with Crippen LogP contribution >= 0.6 is 0 Å². The number of hydrogen-bond donors (Lipinski definition) is 2. The van der Waals surface area contributed by atoms with Crippen LogP contribution in [-0.4, -0.2) is 45.3 Å². The summed E-state index contributed by atoms with van der Waals surface area (Å²) in [7, 11) is 1.56. The minimum Gasteiger partial charge on any atom is -0.382 e. The SMILES string of the molecule is C=CCNC(=O)c1ccccc1NC(=O)COCCOC. The number of nitrogens with one attached hydrogen (secondary N) is 2. The first kappa shape index (κ1) is 16.9. The van der Waals surface area contributed by atoms with Crippen LogP contribution in [0.4, 0.5) is 5.69 Å². The normalized spacial score (nSPS) is 9.95. The fourth-order valence-corrected chi connectivity index (χ4v) is 1.54. The molecule has 0 unspecified atom stereocenters. The van der Waals surface area contributed by atoms with E-state index in [0.29, 0.717) is 31.0 Å². The van der Waals surface area contributed by atoms with E-state index in [9.17, 15) is 9.59 Å². The number of ether oxygens (including phenoxy) is 2. The Bertz CT molecular complexity index is 488. The molecule has 0 heterocycles. The van der Waals surface area contributed by atoms with Gasteiger partial charge in [0.2, 0.25) is 5.91 Å². The Kier molecular flexibility index (Phi) is 7.78. The smallest absolute Gasteiger partial charge is 0.253 e. The fourth-order valence-electron chi connectivity index (χ4n) is 1.54. The van der Waals surface area contributed by atoms with Crippen molar-refractivity contribution in [2.75, 3.05) is 38.8 Å². The number of carbonyl (C=O) groups is 2. The molecule has 0 bridgehead atoms. The lowest BCUT2D eigenvalue weighted by Crippen LogP contribution is -2.26. The van der Waals surface area contributed by atoms with Gasteiger partial charge in [-0.1, -0.05) is 18.2 Å². The maximum Gasteiger partial charge on any atom is 0.253 e. The third kappa shape index (κ3) is 6.20. The average Bonchev–Trinajstić information content (AvgIpc) is 2.50. The zero-order chi connectivity index (χ0) is 15.5. The predicted molar refractivity (Wildman–Crippen MR) is 80.3 cm³/mol. The summed E-state index contributed by atoms with van der Waals surface area (Å²) in [6.45, 7) is 4.57. The first-order chi connectivity index (χ1) is 10.2. The summed E-state index contributed by atoms with van der Waals surface area (Å²) in [6, 6.07) is 6.77. The molecule has 0 aromatic heterocycles. The van der Waals surface area contributed by atoms with Crippen LogP contribution in [0.5, 0.6) is 0 Å². The molecule has 2 amide bonds. The van der Waals surface area contributed by atoms with Crippen LogP contribution in [0.3, 0.4) is 0 Å². The molecule has 1 rings (SSSR count). The number of para-hydroxylation sites is 1. The summed E-state index contributed by atoms with van der Waals surface area (Å²) in [5.41, 5.74) is 0.837. The highest BCUT2D eigenvalue weighted by Crippen LogP contribution is 2.14. The quantitative estimate of drug-likeness (QED) is 0.530. The lowest BCUT2D eigenvalue weighted by Gasteiger charge is -2.11. The van der Waals surface area contributed by atoms with Gasteiger partial charge in [0, 0.05) is 13.7 Å². The highest BCUT2D eigenvalue weighted by atomic mass is 16.5. The molecule has 0 fully saturated rings. The Morgan fingerprint density at radius 3 is 2.76 bits per heavy atom. The van der Waals surface area contributed by atoms with Gasteiger partial charge in [-0.2, -0.15) is 0 Å². The highest BCUT2D eigenvalue weighted by molar-refractivity contribution is 6.04. The second kappa shape index (κ2) is 9.68. The molecular formula is C15H20N2O4. The maximum atomic E-state index is 11.9. The molecule has 1 aromatic carbocycles. The zero-order valence-corrected chi connectivity index (χ0v) is 12.1. The van der Waals surface area contributed by atoms with Gasteiger partial charge in [0.15, 0.2) is 0 Å². The number of carbonyl (C=O) groups excluding carboxylic acids is 2. The van der Waals surface area contributed by atoms with E-state index >= 15 is 0 Å². The van der Waals surface area contributed by atoms with Crippen LogP contribution in [0.2, 0.25) is 0 Å². The van der Waals surface area contributed by atoms with Crippen LogP contribution < -0.4 is 10.6 Å². The second-order valence-electron chi connectivity index (χ2n) is 4.14. The summed E-state index contributed by atoms with van der Waals surface area (Å²) in [6.07, 6.45) is 1.59. The lowest BCUT2D eigenvalue weighted by molar-refractivity contribution is -0.121. The van der Waals surface area contributed by atoms with Crippen LogP contribution in [0.15, 0.2) is 36.9 Å². The van der Waals surface area contributed by atoms with E-state index in [1.165, 1.54) is 0 Å². The van der Waals surface area contributed by atoms with Crippen molar-refractivity contribution < 1.29 is 19.1 Å². The zero-order valence-electron chi connectivity index (χ0n) is 12.1. The molecule has 114 valence electrons. The highest BCUT2D eigenvalue weighted by Gasteiger charge is 2.12. The topological polar surface area (TPSA) is 76.7 Å². The van der Waals surface area contributed by atoms with Crippen LogP contribution in [0, 0.1) is 0 Å². The van der Waals surface area contributed by atoms with Crippen molar-refractivity contribution in [3.05, 3.63) is 42.5 Å². The van der Waals surface area contributed by atoms with E-state index in [4.69, 9.17) is 9.47 Å². The molecule has 0 aliphatic heterocycles. The third-order valence-electron chi connectivity index (χ3n) is 2.52. The van der Waals surface area contributed by atoms with Gasteiger partial charge < -0.3 is 20.1 Å². The predicted octanol–water partition coefficient (Wildman–Crippen LogP) is 1.20. The number of hydrogen-bond acceptors (Lipinski definition) is 4. The molecule has 0 aliphatic rings. The van der Waals surface area contributed by atoms with Gasteiger partial charge in [0.05, 0.1) is 24.5 Å². The van der Waals surface area contributed by atoms with Gasteiger partial charge in [-0.25, -0.2) is 0 Å². The molecular weight excluding hydrogens is 272 g/mol. The summed E-state index contributed by atoms with van der Waals surface area (Å²) in [5.74, 6) is -0.596. The Morgan fingerprint density at radius 2 is 2.05 bits per heavy atom. The van der Waals surface area contributed by atoms with Crippen LogP contribution in [0.25, 0.3) is 0 Å². The lowest BCUT2D eigenvalue weighted by atomic mass is 10.1. The molecule has 0 saturated carbocycles. The summed E-state index contributed by atoms with van der Waals surface area (Å²) in [4.78, 5) is 23.7. The van der Waals surface area contributed by atoms with Crippen molar-refractivity contribution >= 4 is 17.5 Å². The number of anilines is 1. The van der Waals surface area contributed by atoms with Crippen molar-refractivity contribution in [3.63, 3.8) is 0 Å². The van der Waals surface area contributed by atoms with Gasteiger partial charge in [-0.3, -0.25) is 9.59 Å². The van der Waals surface area contributed by atoms with E-state index in [0.717, 1.165) is 0 Å². The van der Waals surface area contributed by atoms with Crippen LogP contribution in [0.1, 0.15) is 10.4 Å².